The Balaban J connectivity index is 2.56. The Labute approximate surface area is 78.3 Å². The highest BCUT2D eigenvalue weighted by Crippen LogP contribution is 2.08. The third-order valence-electron chi connectivity index (χ3n) is 1.94. The van der Waals surface area contributed by atoms with E-state index in [1.165, 1.54) is 6.42 Å². The van der Waals surface area contributed by atoms with E-state index in [9.17, 15) is 0 Å². The molecule has 5 nitrogen and oxygen atoms in total. The summed E-state index contributed by atoms with van der Waals surface area (Å²) < 4.78 is 0. The summed E-state index contributed by atoms with van der Waals surface area (Å²) in [5.41, 5.74) is 5.44. The quantitative estimate of drug-likeness (QED) is 0.714. The molecule has 0 amide bonds. The lowest BCUT2D eigenvalue weighted by atomic mass is 10.3. The molecule has 3 N–H and O–H groups in total. The van der Waals surface area contributed by atoms with Crippen molar-refractivity contribution in [1.29, 1.82) is 0 Å². The normalized spacial score (nSPS) is 10.3. The van der Waals surface area contributed by atoms with Crippen LogP contribution in [0.25, 0.3) is 0 Å². The first-order valence-electron chi connectivity index (χ1n) is 4.70. The molecule has 5 heteroatoms. The predicted molar refractivity (Wildman–Crippen MR) is 53.6 cm³/mol. The van der Waals surface area contributed by atoms with Crippen molar-refractivity contribution in [1.82, 2.24) is 15.2 Å². The van der Waals surface area contributed by atoms with Gasteiger partial charge in [0.1, 0.15) is 0 Å². The fourth-order valence-corrected chi connectivity index (χ4v) is 1.15. The lowest BCUT2D eigenvalue weighted by Crippen LogP contribution is -2.24. The minimum Gasteiger partial charge on any atom is -0.368 e. The molecule has 1 aromatic heterocycles. The second kappa shape index (κ2) is 4.69. The van der Waals surface area contributed by atoms with Crippen LogP contribution in [0.2, 0.25) is 0 Å². The highest BCUT2D eigenvalue weighted by atomic mass is 15.4. The van der Waals surface area contributed by atoms with Gasteiger partial charge in [-0.25, -0.2) is 5.10 Å². The Hall–Kier alpha value is -1.26. The fourth-order valence-electron chi connectivity index (χ4n) is 1.15. The fraction of sp³-hybridized carbons (Fsp3) is 0.750. The molecule has 0 unspecified atom stereocenters. The molecule has 0 saturated heterocycles. The van der Waals surface area contributed by atoms with Crippen molar-refractivity contribution in [3.05, 3.63) is 0 Å². The van der Waals surface area contributed by atoms with Crippen LogP contribution in [-0.4, -0.2) is 28.3 Å². The summed E-state index contributed by atoms with van der Waals surface area (Å²) >= 11 is 0. The number of hydrogen-bond donors (Lipinski definition) is 2. The smallest absolute Gasteiger partial charge is 0.246 e. The zero-order valence-corrected chi connectivity index (χ0v) is 8.25. The van der Waals surface area contributed by atoms with Gasteiger partial charge in [-0.3, -0.25) is 0 Å². The number of nitrogens with zero attached hydrogens (tertiary/aromatic N) is 3. The van der Waals surface area contributed by atoms with Gasteiger partial charge in [0.15, 0.2) is 0 Å². The number of anilines is 2. The number of nitrogen functional groups attached to an aromatic ring is 1. The summed E-state index contributed by atoms with van der Waals surface area (Å²) in [6, 6.07) is 0. The van der Waals surface area contributed by atoms with E-state index < -0.39 is 0 Å². The van der Waals surface area contributed by atoms with Gasteiger partial charge in [-0.2, -0.15) is 4.98 Å². The van der Waals surface area contributed by atoms with Gasteiger partial charge >= 0.3 is 0 Å². The molecule has 0 fully saturated rings. The van der Waals surface area contributed by atoms with Crippen LogP contribution in [0.15, 0.2) is 0 Å². The maximum atomic E-state index is 5.44. The first kappa shape index (κ1) is 9.83. The van der Waals surface area contributed by atoms with Gasteiger partial charge < -0.3 is 10.6 Å². The van der Waals surface area contributed by atoms with E-state index in [1.54, 1.807) is 0 Å². The van der Waals surface area contributed by atoms with Crippen LogP contribution < -0.4 is 10.6 Å². The molecule has 0 bridgehead atoms. The summed E-state index contributed by atoms with van der Waals surface area (Å²) in [6.07, 6.45) is 2.33. The van der Waals surface area contributed by atoms with Crippen molar-refractivity contribution in [2.45, 2.75) is 26.7 Å². The average molecular weight is 183 g/mol. The van der Waals surface area contributed by atoms with Gasteiger partial charge in [-0.15, -0.1) is 5.10 Å². The number of aromatic amines is 1. The number of nitrogens with one attached hydrogen (secondary N) is 1. The lowest BCUT2D eigenvalue weighted by molar-refractivity contribution is 0.715. The highest BCUT2D eigenvalue weighted by molar-refractivity contribution is 5.33. The number of rotatable bonds is 5. The second-order valence-corrected chi connectivity index (χ2v) is 2.95. The third kappa shape index (κ3) is 2.61. The molecule has 0 atom stereocenters. The SMILES string of the molecule is CCCCN(CC)c1n[nH]c(N)n1. The van der Waals surface area contributed by atoms with Crippen LogP contribution in [0.3, 0.4) is 0 Å². The van der Waals surface area contributed by atoms with Gasteiger partial charge in [0, 0.05) is 13.1 Å². The zero-order valence-electron chi connectivity index (χ0n) is 8.25. The van der Waals surface area contributed by atoms with Crippen LogP contribution >= 0.6 is 0 Å². The maximum Gasteiger partial charge on any atom is 0.246 e. The summed E-state index contributed by atoms with van der Waals surface area (Å²) in [4.78, 5) is 6.18. The van der Waals surface area contributed by atoms with Crippen molar-refractivity contribution in [3.8, 4) is 0 Å². The highest BCUT2D eigenvalue weighted by Gasteiger charge is 2.07. The van der Waals surface area contributed by atoms with Crippen LogP contribution in [0.5, 0.6) is 0 Å². The van der Waals surface area contributed by atoms with E-state index in [4.69, 9.17) is 5.73 Å². The molecule has 1 heterocycles. The molecule has 1 aromatic rings. The van der Waals surface area contributed by atoms with E-state index in [-0.39, 0.29) is 0 Å². The van der Waals surface area contributed by atoms with Crippen LogP contribution in [0.1, 0.15) is 26.7 Å². The second-order valence-electron chi connectivity index (χ2n) is 2.95. The van der Waals surface area contributed by atoms with E-state index in [1.807, 2.05) is 0 Å². The van der Waals surface area contributed by atoms with Crippen molar-refractivity contribution >= 4 is 11.9 Å². The van der Waals surface area contributed by atoms with Crippen LogP contribution in [0.4, 0.5) is 11.9 Å². The standard InChI is InChI=1S/C8H17N5/c1-3-5-6-13(4-2)8-10-7(9)11-12-8/h3-6H2,1-2H3,(H3,9,10,11,12). The molecule has 0 saturated carbocycles. The third-order valence-corrected chi connectivity index (χ3v) is 1.94. The molecule has 0 aliphatic carbocycles. The van der Waals surface area contributed by atoms with E-state index >= 15 is 0 Å². The number of H-pyrrole nitrogens is 1. The molecular formula is C8H17N5. The number of aromatic nitrogens is 3. The average Bonchev–Trinajstić information content (AvgIpc) is 2.54. The van der Waals surface area contributed by atoms with Crippen molar-refractivity contribution in [2.24, 2.45) is 0 Å². The molecule has 74 valence electrons. The summed E-state index contributed by atoms with van der Waals surface area (Å²) in [6.45, 7) is 6.16. The lowest BCUT2D eigenvalue weighted by Gasteiger charge is -2.17. The van der Waals surface area contributed by atoms with E-state index in [0.29, 0.717) is 11.9 Å². The minimum atomic E-state index is 0.380. The zero-order chi connectivity index (χ0) is 9.68. The Bertz CT molecular complexity index is 244. The topological polar surface area (TPSA) is 70.8 Å². The summed E-state index contributed by atoms with van der Waals surface area (Å²) in [5, 5.41) is 6.64. The molecule has 0 radical (unpaired) electrons. The summed E-state index contributed by atoms with van der Waals surface area (Å²) in [5.74, 6) is 1.08. The number of unbranched alkanes of at least 4 members (excludes halogenated alkanes) is 1. The predicted octanol–water partition coefficient (Wildman–Crippen LogP) is 1.01. The molecule has 1 rings (SSSR count). The van der Waals surface area contributed by atoms with E-state index in [0.717, 1.165) is 19.5 Å². The van der Waals surface area contributed by atoms with Crippen molar-refractivity contribution < 1.29 is 0 Å². The van der Waals surface area contributed by atoms with Gasteiger partial charge in [0.2, 0.25) is 11.9 Å². The molecule has 0 aromatic carbocycles. The van der Waals surface area contributed by atoms with E-state index in [2.05, 4.69) is 33.9 Å². The molecule has 13 heavy (non-hydrogen) atoms. The summed E-state index contributed by atoms with van der Waals surface area (Å²) in [7, 11) is 0. The Morgan fingerprint density at radius 1 is 1.46 bits per heavy atom. The van der Waals surface area contributed by atoms with Gasteiger partial charge in [-0.05, 0) is 13.3 Å². The van der Waals surface area contributed by atoms with Crippen LogP contribution in [-0.2, 0) is 0 Å². The first-order chi connectivity index (χ1) is 6.27. The van der Waals surface area contributed by atoms with Gasteiger partial charge in [0.05, 0.1) is 0 Å². The Kier molecular flexibility index (Phi) is 3.54. The molecule has 0 aliphatic rings. The van der Waals surface area contributed by atoms with Crippen molar-refractivity contribution in [2.75, 3.05) is 23.7 Å². The van der Waals surface area contributed by atoms with Crippen molar-refractivity contribution in [3.63, 3.8) is 0 Å². The first-order valence-corrected chi connectivity index (χ1v) is 4.70. The largest absolute Gasteiger partial charge is 0.368 e. The Morgan fingerprint density at radius 2 is 2.23 bits per heavy atom. The monoisotopic (exact) mass is 183 g/mol. The van der Waals surface area contributed by atoms with Gasteiger partial charge in [-0.1, -0.05) is 13.3 Å². The van der Waals surface area contributed by atoms with Crippen LogP contribution in [0, 0.1) is 0 Å². The minimum absolute atomic E-state index is 0.380. The molecule has 0 spiro atoms. The van der Waals surface area contributed by atoms with Gasteiger partial charge in [0.25, 0.3) is 0 Å². The number of hydrogen-bond acceptors (Lipinski definition) is 4. The molecular weight excluding hydrogens is 166 g/mol. The maximum absolute atomic E-state index is 5.44. The Morgan fingerprint density at radius 3 is 2.69 bits per heavy atom. The number of nitrogens with two attached hydrogens (primary N) is 1. The molecule has 0 aliphatic heterocycles.